The molecule has 0 aliphatic heterocycles. The lowest BCUT2D eigenvalue weighted by Crippen LogP contribution is -2.33. The normalized spacial score (nSPS) is 14.2. The molecule has 3 N–H and O–H groups in total. The Labute approximate surface area is 109 Å². The molecule has 0 aliphatic carbocycles. The van der Waals surface area contributed by atoms with E-state index in [1.54, 1.807) is 0 Å². The van der Waals surface area contributed by atoms with E-state index in [4.69, 9.17) is 10.8 Å². The van der Waals surface area contributed by atoms with Crippen LogP contribution in [0.25, 0.3) is 0 Å². The zero-order valence-corrected chi connectivity index (χ0v) is 9.72. The Balaban J connectivity index is 3.31. The summed E-state index contributed by atoms with van der Waals surface area (Å²) in [5.41, 5.74) is 1.64. The second-order valence-corrected chi connectivity index (χ2v) is 4.02. The van der Waals surface area contributed by atoms with E-state index in [1.165, 1.54) is 0 Å². The number of hydrogen-bond acceptors (Lipinski definition) is 2. The molecule has 0 aliphatic rings. The lowest BCUT2D eigenvalue weighted by atomic mass is 9.97. The van der Waals surface area contributed by atoms with Crippen molar-refractivity contribution in [3.8, 4) is 0 Å². The van der Waals surface area contributed by atoms with Crippen LogP contribution in [0.1, 0.15) is 16.7 Å². The van der Waals surface area contributed by atoms with E-state index in [-0.39, 0.29) is 12.1 Å². The number of carboxylic acid groups (broad SMARTS) is 1. The first-order valence-corrected chi connectivity index (χ1v) is 5.18. The highest BCUT2D eigenvalue weighted by atomic mass is 19.4. The number of carbonyl (C=O) groups is 1. The van der Waals surface area contributed by atoms with Gasteiger partial charge in [0.2, 0.25) is 0 Å². The van der Waals surface area contributed by atoms with Gasteiger partial charge in [-0.15, -0.1) is 0 Å². The van der Waals surface area contributed by atoms with Crippen molar-refractivity contribution in [3.05, 3.63) is 34.9 Å². The van der Waals surface area contributed by atoms with Crippen molar-refractivity contribution in [2.75, 3.05) is 0 Å². The molecule has 20 heavy (non-hydrogen) atoms. The highest BCUT2D eigenvalue weighted by Gasteiger charge is 2.37. The maximum Gasteiger partial charge on any atom is 0.416 e. The van der Waals surface area contributed by atoms with E-state index in [2.05, 4.69) is 0 Å². The van der Waals surface area contributed by atoms with Crippen LogP contribution < -0.4 is 5.73 Å². The molecule has 1 aromatic carbocycles. The Morgan fingerprint density at radius 2 is 1.70 bits per heavy atom. The van der Waals surface area contributed by atoms with Gasteiger partial charge in [-0.2, -0.15) is 26.3 Å². The minimum Gasteiger partial charge on any atom is -0.480 e. The zero-order chi connectivity index (χ0) is 15.7. The van der Waals surface area contributed by atoms with Gasteiger partial charge in [-0.1, -0.05) is 0 Å². The summed E-state index contributed by atoms with van der Waals surface area (Å²) in [6, 6.07) is -0.892. The molecule has 0 amide bonds. The molecule has 0 spiro atoms. The lowest BCUT2D eigenvalue weighted by molar-refractivity contribution is -0.142. The average Bonchev–Trinajstić information content (AvgIpc) is 2.25. The van der Waals surface area contributed by atoms with Crippen molar-refractivity contribution >= 4 is 5.97 Å². The second-order valence-electron chi connectivity index (χ2n) is 4.02. The topological polar surface area (TPSA) is 63.3 Å². The third-order valence-electron chi connectivity index (χ3n) is 2.49. The van der Waals surface area contributed by atoms with Gasteiger partial charge in [0.15, 0.2) is 0 Å². The molecule has 0 bridgehead atoms. The van der Waals surface area contributed by atoms with Gasteiger partial charge >= 0.3 is 18.3 Å². The molecular weight excluding hydrogens is 292 g/mol. The number of nitrogens with two attached hydrogens (primary N) is 1. The Bertz CT molecular complexity index is 509. The van der Waals surface area contributed by atoms with E-state index >= 15 is 0 Å². The molecule has 1 unspecified atom stereocenters. The molecule has 0 radical (unpaired) electrons. The fourth-order valence-electron chi connectivity index (χ4n) is 1.54. The number of alkyl halides is 6. The number of hydrogen-bond donors (Lipinski definition) is 2. The second kappa shape index (κ2) is 5.31. The highest BCUT2D eigenvalue weighted by molar-refractivity contribution is 5.73. The summed E-state index contributed by atoms with van der Waals surface area (Å²) in [6.45, 7) is 0. The van der Waals surface area contributed by atoms with E-state index in [1.807, 2.05) is 0 Å². The Hall–Kier alpha value is -1.77. The molecule has 1 aromatic rings. The van der Waals surface area contributed by atoms with Gasteiger partial charge in [0.1, 0.15) is 6.04 Å². The van der Waals surface area contributed by atoms with Gasteiger partial charge in [0, 0.05) is 0 Å². The SMILES string of the molecule is NC(Cc1cc(C(F)(F)F)ccc1C(F)(F)F)C(=O)O. The Morgan fingerprint density at radius 1 is 1.15 bits per heavy atom. The van der Waals surface area contributed by atoms with Crippen LogP contribution >= 0.6 is 0 Å². The quantitative estimate of drug-likeness (QED) is 0.844. The largest absolute Gasteiger partial charge is 0.480 e. The standard InChI is InChI=1S/C11H9F6NO2/c12-10(13,14)6-1-2-7(11(15,16)17)5(3-6)4-8(18)9(19)20/h1-3,8H,4,18H2,(H,19,20). The van der Waals surface area contributed by atoms with Crippen LogP contribution in [0.3, 0.4) is 0 Å². The third-order valence-corrected chi connectivity index (χ3v) is 2.49. The van der Waals surface area contributed by atoms with Crippen molar-refractivity contribution in [1.29, 1.82) is 0 Å². The van der Waals surface area contributed by atoms with E-state index in [0.717, 1.165) is 0 Å². The fourth-order valence-corrected chi connectivity index (χ4v) is 1.54. The number of aliphatic carboxylic acids is 1. The summed E-state index contributed by atoms with van der Waals surface area (Å²) in [7, 11) is 0. The van der Waals surface area contributed by atoms with Gasteiger partial charge in [-0.25, -0.2) is 0 Å². The molecule has 3 nitrogen and oxygen atoms in total. The number of carboxylic acids is 1. The van der Waals surface area contributed by atoms with Crippen molar-refractivity contribution in [2.45, 2.75) is 24.8 Å². The van der Waals surface area contributed by atoms with E-state index in [0.29, 0.717) is 6.07 Å². The van der Waals surface area contributed by atoms with Gasteiger partial charge < -0.3 is 10.8 Å². The predicted molar refractivity (Wildman–Crippen MR) is 55.8 cm³/mol. The van der Waals surface area contributed by atoms with Crippen LogP contribution in [0.5, 0.6) is 0 Å². The van der Waals surface area contributed by atoms with Crippen LogP contribution in [-0.2, 0) is 23.6 Å². The predicted octanol–water partition coefficient (Wildman–Crippen LogP) is 2.68. The summed E-state index contributed by atoms with van der Waals surface area (Å²) in [4.78, 5) is 10.5. The van der Waals surface area contributed by atoms with Crippen LogP contribution in [0, 0.1) is 0 Å². The fraction of sp³-hybridized carbons (Fsp3) is 0.364. The van der Waals surface area contributed by atoms with Crippen LogP contribution in [0.15, 0.2) is 18.2 Å². The third kappa shape index (κ3) is 3.86. The highest BCUT2D eigenvalue weighted by Crippen LogP contribution is 2.36. The Morgan fingerprint density at radius 3 is 2.10 bits per heavy atom. The number of rotatable bonds is 3. The monoisotopic (exact) mass is 301 g/mol. The van der Waals surface area contributed by atoms with Gasteiger partial charge in [0.05, 0.1) is 11.1 Å². The molecular formula is C11H9F6NO2. The first kappa shape index (κ1) is 16.3. The summed E-state index contributed by atoms with van der Waals surface area (Å²) in [5.74, 6) is -1.60. The molecule has 112 valence electrons. The molecule has 0 fully saturated rings. The number of benzene rings is 1. The van der Waals surface area contributed by atoms with Gasteiger partial charge in [-0.3, -0.25) is 4.79 Å². The molecule has 1 rings (SSSR count). The van der Waals surface area contributed by atoms with Gasteiger partial charge in [0.25, 0.3) is 0 Å². The maximum atomic E-state index is 12.7. The first-order chi connectivity index (χ1) is 8.93. The summed E-state index contributed by atoms with van der Waals surface area (Å²) < 4.78 is 75.4. The number of halogens is 6. The van der Waals surface area contributed by atoms with Crippen LogP contribution in [0.4, 0.5) is 26.3 Å². The van der Waals surface area contributed by atoms with E-state index in [9.17, 15) is 31.1 Å². The molecule has 0 saturated heterocycles. The smallest absolute Gasteiger partial charge is 0.416 e. The molecule has 0 heterocycles. The molecule has 9 heteroatoms. The van der Waals surface area contributed by atoms with Crippen molar-refractivity contribution in [3.63, 3.8) is 0 Å². The summed E-state index contributed by atoms with van der Waals surface area (Å²) in [6.07, 6.45) is -10.6. The maximum absolute atomic E-state index is 12.7. The van der Waals surface area contributed by atoms with Crippen molar-refractivity contribution in [1.82, 2.24) is 0 Å². The minimum absolute atomic E-state index is 0.269. The Kier molecular flexibility index (Phi) is 4.33. The molecule has 0 saturated carbocycles. The van der Waals surface area contributed by atoms with Crippen molar-refractivity contribution < 1.29 is 36.2 Å². The molecule has 0 aromatic heterocycles. The molecule has 1 atom stereocenters. The minimum atomic E-state index is -4.89. The van der Waals surface area contributed by atoms with Crippen molar-refractivity contribution in [2.24, 2.45) is 5.73 Å². The van der Waals surface area contributed by atoms with E-state index < -0.39 is 47.5 Å². The zero-order valence-electron chi connectivity index (χ0n) is 9.72. The average molecular weight is 301 g/mol. The van der Waals surface area contributed by atoms with Gasteiger partial charge in [-0.05, 0) is 30.2 Å². The summed E-state index contributed by atoms with van der Waals surface area (Å²) >= 11 is 0. The van der Waals surface area contributed by atoms with Crippen LogP contribution in [-0.4, -0.2) is 17.1 Å². The lowest BCUT2D eigenvalue weighted by Gasteiger charge is -2.17. The van der Waals surface area contributed by atoms with Crippen LogP contribution in [0.2, 0.25) is 0 Å². The first-order valence-electron chi connectivity index (χ1n) is 5.18. The summed E-state index contributed by atoms with van der Waals surface area (Å²) in [5, 5.41) is 8.54.